The maximum Gasteiger partial charge on any atom is 0.320 e. The zero-order valence-corrected chi connectivity index (χ0v) is 13.4. The number of methoxy groups -OCH3 is 1. The number of nitrogens with two attached hydrogens (primary N) is 1. The van der Waals surface area contributed by atoms with Crippen molar-refractivity contribution >= 4 is 17.4 Å². The van der Waals surface area contributed by atoms with Crippen LogP contribution in [0.3, 0.4) is 0 Å². The number of hydrogen-bond donors (Lipinski definition) is 3. The number of nitrogens with one attached hydrogen (secondary N) is 1. The second-order valence-electron chi connectivity index (χ2n) is 5.41. The fourth-order valence-electron chi connectivity index (χ4n) is 2.20. The molecule has 0 saturated carbocycles. The van der Waals surface area contributed by atoms with Crippen LogP contribution in [0.4, 0.5) is 5.69 Å². The topological polar surface area (TPSA) is 102 Å². The third-order valence-electron chi connectivity index (χ3n) is 3.82. The Morgan fingerprint density at radius 3 is 2.45 bits per heavy atom. The average molecular weight is 308 g/mol. The molecule has 0 amide bonds. The summed E-state index contributed by atoms with van der Waals surface area (Å²) in [5, 5.41) is 12.2. The van der Waals surface area contributed by atoms with Crippen molar-refractivity contribution in [3.63, 3.8) is 0 Å². The number of nitrogen functional groups attached to an aromatic ring is 1. The number of carbonyl (C=O) groups is 2. The van der Waals surface area contributed by atoms with Gasteiger partial charge < -0.3 is 15.6 Å². The molecule has 0 heterocycles. The second-order valence-corrected chi connectivity index (χ2v) is 5.41. The van der Waals surface area contributed by atoms with Crippen LogP contribution >= 0.6 is 0 Å². The van der Waals surface area contributed by atoms with Crippen LogP contribution in [0.2, 0.25) is 0 Å². The largest absolute Gasteiger partial charge is 0.495 e. The number of anilines is 1. The third kappa shape index (κ3) is 4.21. The molecule has 1 aromatic carbocycles. The van der Waals surface area contributed by atoms with Crippen molar-refractivity contribution in [3.8, 4) is 5.75 Å². The first kappa shape index (κ1) is 18.0. The fourth-order valence-corrected chi connectivity index (χ4v) is 2.20. The number of carbonyl (C=O) groups excluding carboxylic acids is 1. The Balaban J connectivity index is 2.88. The van der Waals surface area contributed by atoms with Gasteiger partial charge in [-0.2, -0.15) is 0 Å². The minimum Gasteiger partial charge on any atom is -0.495 e. The highest BCUT2D eigenvalue weighted by Gasteiger charge is 2.27. The van der Waals surface area contributed by atoms with E-state index in [0.29, 0.717) is 23.4 Å². The Morgan fingerprint density at radius 2 is 2.00 bits per heavy atom. The number of ketones is 1. The fraction of sp³-hybridized carbons (Fsp3) is 0.500. The van der Waals surface area contributed by atoms with Crippen molar-refractivity contribution in [2.24, 2.45) is 5.92 Å². The van der Waals surface area contributed by atoms with Gasteiger partial charge >= 0.3 is 5.97 Å². The first-order valence-corrected chi connectivity index (χ1v) is 7.28. The summed E-state index contributed by atoms with van der Waals surface area (Å²) in [5.41, 5.74) is 6.59. The predicted octanol–water partition coefficient (Wildman–Crippen LogP) is 1.94. The molecule has 0 spiro atoms. The first-order valence-electron chi connectivity index (χ1n) is 7.28. The summed E-state index contributed by atoms with van der Waals surface area (Å²) in [6, 6.07) is 3.40. The molecule has 0 saturated heterocycles. The maximum atomic E-state index is 12.4. The van der Waals surface area contributed by atoms with Crippen molar-refractivity contribution < 1.29 is 19.4 Å². The number of carboxylic acids is 1. The quantitative estimate of drug-likeness (QED) is 0.501. The smallest absolute Gasteiger partial charge is 0.320 e. The summed E-state index contributed by atoms with van der Waals surface area (Å²) >= 11 is 0. The average Bonchev–Trinajstić information content (AvgIpc) is 2.50. The minimum atomic E-state index is -0.955. The van der Waals surface area contributed by atoms with E-state index < -0.39 is 18.1 Å². The Kier molecular flexibility index (Phi) is 6.37. The van der Waals surface area contributed by atoms with Crippen molar-refractivity contribution in [1.82, 2.24) is 5.32 Å². The van der Waals surface area contributed by atoms with Crippen LogP contribution in [0.5, 0.6) is 5.75 Å². The maximum absolute atomic E-state index is 12.4. The Hall–Kier alpha value is -2.08. The highest BCUT2D eigenvalue weighted by molar-refractivity contribution is 6.01. The number of carboxylic acid groups (broad SMARTS) is 1. The van der Waals surface area contributed by atoms with Crippen LogP contribution in [-0.2, 0) is 4.79 Å². The molecule has 0 radical (unpaired) electrons. The second kappa shape index (κ2) is 7.79. The molecular weight excluding hydrogens is 284 g/mol. The van der Waals surface area contributed by atoms with Gasteiger partial charge in [-0.25, -0.2) is 0 Å². The monoisotopic (exact) mass is 308 g/mol. The summed E-state index contributed by atoms with van der Waals surface area (Å²) in [5.74, 6) is -0.735. The molecule has 0 aliphatic carbocycles. The van der Waals surface area contributed by atoms with E-state index >= 15 is 0 Å². The molecule has 1 rings (SSSR count). The SMILES string of the molecule is CCC(C)C(NC(C)C(=O)c1ccc(OC)c(N)c1)C(=O)O. The van der Waals surface area contributed by atoms with Crippen LogP contribution in [0.15, 0.2) is 18.2 Å². The normalized spacial score (nSPS) is 14.9. The summed E-state index contributed by atoms with van der Waals surface area (Å²) in [7, 11) is 1.50. The van der Waals surface area contributed by atoms with Gasteiger partial charge in [0, 0.05) is 5.56 Å². The highest BCUT2D eigenvalue weighted by atomic mass is 16.5. The molecule has 0 aliphatic heterocycles. The molecule has 1 aromatic rings. The summed E-state index contributed by atoms with van der Waals surface area (Å²) in [6.45, 7) is 5.41. The van der Waals surface area contributed by atoms with Gasteiger partial charge in [0.15, 0.2) is 5.78 Å². The lowest BCUT2D eigenvalue weighted by atomic mass is 9.97. The van der Waals surface area contributed by atoms with E-state index in [1.54, 1.807) is 25.1 Å². The first-order chi connectivity index (χ1) is 10.3. The van der Waals surface area contributed by atoms with Gasteiger partial charge in [-0.15, -0.1) is 0 Å². The summed E-state index contributed by atoms with van der Waals surface area (Å²) in [4.78, 5) is 23.7. The standard InChI is InChI=1S/C16H24N2O4/c1-5-9(2)14(16(20)21)18-10(3)15(19)11-6-7-13(22-4)12(17)8-11/h6-10,14,18H,5,17H2,1-4H3,(H,20,21). The molecule has 0 aliphatic rings. The summed E-state index contributed by atoms with van der Waals surface area (Å²) in [6.07, 6.45) is 0.709. The number of Topliss-reactive ketones (excluding diaryl/α,β-unsaturated/α-hetero) is 1. The van der Waals surface area contributed by atoms with Gasteiger partial charge in [0.2, 0.25) is 0 Å². The molecule has 3 atom stereocenters. The van der Waals surface area contributed by atoms with Crippen LogP contribution in [0.25, 0.3) is 0 Å². The Bertz CT molecular complexity index is 545. The summed E-state index contributed by atoms with van der Waals surface area (Å²) < 4.78 is 5.05. The van der Waals surface area contributed by atoms with E-state index in [-0.39, 0.29) is 11.7 Å². The van der Waals surface area contributed by atoms with Crippen LogP contribution in [-0.4, -0.2) is 36.1 Å². The molecule has 0 bridgehead atoms. The van der Waals surface area contributed by atoms with Crippen LogP contribution in [0, 0.1) is 5.92 Å². The van der Waals surface area contributed by atoms with Crippen molar-refractivity contribution in [2.45, 2.75) is 39.3 Å². The number of ether oxygens (including phenoxy) is 1. The number of hydrogen-bond acceptors (Lipinski definition) is 5. The lowest BCUT2D eigenvalue weighted by Crippen LogP contribution is -2.48. The van der Waals surface area contributed by atoms with Gasteiger partial charge in [0.1, 0.15) is 11.8 Å². The van der Waals surface area contributed by atoms with Gasteiger partial charge in [-0.3, -0.25) is 14.9 Å². The van der Waals surface area contributed by atoms with E-state index in [1.807, 2.05) is 13.8 Å². The van der Waals surface area contributed by atoms with Gasteiger partial charge in [0.05, 0.1) is 18.8 Å². The molecular formula is C16H24N2O4. The molecule has 22 heavy (non-hydrogen) atoms. The van der Waals surface area contributed by atoms with Gasteiger partial charge in [-0.1, -0.05) is 20.3 Å². The Labute approximate surface area is 130 Å². The van der Waals surface area contributed by atoms with E-state index in [0.717, 1.165) is 0 Å². The third-order valence-corrected chi connectivity index (χ3v) is 3.82. The van der Waals surface area contributed by atoms with Crippen molar-refractivity contribution in [1.29, 1.82) is 0 Å². The van der Waals surface area contributed by atoms with Crippen molar-refractivity contribution in [3.05, 3.63) is 23.8 Å². The zero-order valence-electron chi connectivity index (χ0n) is 13.4. The van der Waals surface area contributed by atoms with Gasteiger partial charge in [-0.05, 0) is 31.0 Å². The van der Waals surface area contributed by atoms with Crippen LogP contribution in [0.1, 0.15) is 37.6 Å². The van der Waals surface area contributed by atoms with Gasteiger partial charge in [0.25, 0.3) is 0 Å². The van der Waals surface area contributed by atoms with Crippen molar-refractivity contribution in [2.75, 3.05) is 12.8 Å². The number of benzene rings is 1. The molecule has 3 unspecified atom stereocenters. The van der Waals surface area contributed by atoms with E-state index in [1.165, 1.54) is 7.11 Å². The lowest BCUT2D eigenvalue weighted by molar-refractivity contribution is -0.141. The van der Waals surface area contributed by atoms with E-state index in [2.05, 4.69) is 5.32 Å². The molecule has 6 heteroatoms. The van der Waals surface area contributed by atoms with E-state index in [4.69, 9.17) is 10.5 Å². The molecule has 0 fully saturated rings. The molecule has 4 N–H and O–H groups in total. The molecule has 122 valence electrons. The lowest BCUT2D eigenvalue weighted by Gasteiger charge is -2.24. The highest BCUT2D eigenvalue weighted by Crippen LogP contribution is 2.22. The molecule has 0 aromatic heterocycles. The number of aliphatic carboxylic acids is 1. The Morgan fingerprint density at radius 1 is 1.36 bits per heavy atom. The minimum absolute atomic E-state index is 0.0753. The molecule has 6 nitrogen and oxygen atoms in total. The van der Waals surface area contributed by atoms with E-state index in [9.17, 15) is 14.7 Å². The number of rotatable bonds is 8. The predicted molar refractivity (Wildman–Crippen MR) is 85.2 cm³/mol. The zero-order chi connectivity index (χ0) is 16.9. The van der Waals surface area contributed by atoms with Crippen LogP contribution < -0.4 is 15.8 Å².